The van der Waals surface area contributed by atoms with Crippen molar-refractivity contribution < 1.29 is 4.79 Å². The summed E-state index contributed by atoms with van der Waals surface area (Å²) in [7, 11) is 0. The zero-order valence-corrected chi connectivity index (χ0v) is 18.0. The number of hydrogen-bond donors (Lipinski definition) is 0. The fourth-order valence-electron chi connectivity index (χ4n) is 6.02. The van der Waals surface area contributed by atoms with Crippen molar-refractivity contribution in [3.63, 3.8) is 0 Å². The third kappa shape index (κ3) is 4.02. The number of rotatable bonds is 4. The number of amides is 1. The van der Waals surface area contributed by atoms with Gasteiger partial charge >= 0.3 is 0 Å². The van der Waals surface area contributed by atoms with Gasteiger partial charge in [-0.15, -0.1) is 0 Å². The van der Waals surface area contributed by atoms with Gasteiger partial charge in [-0.3, -0.25) is 4.79 Å². The molecule has 3 nitrogen and oxygen atoms in total. The molecule has 5 rings (SSSR count). The minimum Gasteiger partial charge on any atom is -0.335 e. The molecule has 1 aliphatic carbocycles. The monoisotopic (exact) mass is 408 g/mol. The minimum atomic E-state index is 0.221. The highest BCUT2D eigenvalue weighted by Crippen LogP contribution is 2.43. The van der Waals surface area contributed by atoms with E-state index in [0.29, 0.717) is 17.9 Å². The van der Waals surface area contributed by atoms with Crippen LogP contribution in [0.2, 0.25) is 0 Å². The maximum absolute atomic E-state index is 13.3. The number of piperidine rings is 1. The Bertz CT molecular complexity index is 799. The lowest BCUT2D eigenvalue weighted by atomic mass is 9.81. The topological polar surface area (TPSA) is 23.6 Å². The van der Waals surface area contributed by atoms with Crippen LogP contribution < -0.4 is 0 Å². The Balaban J connectivity index is 1.35. The normalized spacial score (nSPS) is 28.4. The molecule has 1 aromatic heterocycles. The van der Waals surface area contributed by atoms with Crippen LogP contribution in [-0.4, -0.2) is 47.9 Å². The number of likely N-dealkylation sites (tertiary alicyclic amines) is 2. The number of thiophene rings is 1. The van der Waals surface area contributed by atoms with Gasteiger partial charge in [0.05, 0.1) is 0 Å². The lowest BCUT2D eigenvalue weighted by molar-refractivity contribution is 0.0591. The van der Waals surface area contributed by atoms with E-state index in [-0.39, 0.29) is 5.91 Å². The molecular weight excluding hydrogens is 376 g/mol. The molecule has 1 saturated carbocycles. The average Bonchev–Trinajstić information content (AvgIpc) is 3.42. The Morgan fingerprint density at radius 2 is 1.83 bits per heavy atom. The maximum atomic E-state index is 13.3. The highest BCUT2D eigenvalue weighted by Gasteiger charge is 2.47. The van der Waals surface area contributed by atoms with Gasteiger partial charge < -0.3 is 9.80 Å². The molecule has 2 aromatic rings. The molecule has 29 heavy (non-hydrogen) atoms. The Morgan fingerprint density at radius 3 is 2.59 bits per heavy atom. The third-order valence-electron chi connectivity index (χ3n) is 7.51. The summed E-state index contributed by atoms with van der Waals surface area (Å²) < 4.78 is 0. The van der Waals surface area contributed by atoms with E-state index in [4.69, 9.17) is 0 Å². The molecule has 154 valence electrons. The van der Waals surface area contributed by atoms with Crippen LogP contribution in [0.15, 0.2) is 47.2 Å². The molecule has 0 N–H and O–H groups in total. The van der Waals surface area contributed by atoms with E-state index >= 15 is 0 Å². The molecule has 3 fully saturated rings. The standard InChI is InChI=1S/C25H32N2OS/c28-25(20-9-5-2-6-10-20)27-17-22(21-12-14-29-18-21)23-16-26(13-11-24(23)27)15-19-7-3-1-4-8-19/h2,5-6,9-10,12,14,18-19,22-24H,1,3-4,7-8,11,13,15-17H2/t22-,23-,24-/m0/s1. The Kier molecular flexibility index (Phi) is 5.74. The molecule has 1 aromatic carbocycles. The second-order valence-electron chi connectivity index (χ2n) is 9.27. The molecule has 3 heterocycles. The van der Waals surface area contributed by atoms with E-state index in [2.05, 4.69) is 26.6 Å². The highest BCUT2D eigenvalue weighted by atomic mass is 32.1. The molecule has 2 aliphatic heterocycles. The van der Waals surface area contributed by atoms with Gasteiger partial charge in [-0.25, -0.2) is 0 Å². The van der Waals surface area contributed by atoms with Crippen LogP contribution in [0.25, 0.3) is 0 Å². The minimum absolute atomic E-state index is 0.221. The number of nitrogens with zero attached hydrogens (tertiary/aromatic N) is 2. The van der Waals surface area contributed by atoms with Crippen molar-refractivity contribution in [1.82, 2.24) is 9.80 Å². The summed E-state index contributed by atoms with van der Waals surface area (Å²) in [4.78, 5) is 18.3. The molecule has 0 bridgehead atoms. The molecule has 3 atom stereocenters. The number of benzene rings is 1. The van der Waals surface area contributed by atoms with Crippen LogP contribution in [0.4, 0.5) is 0 Å². The predicted octanol–water partition coefficient (Wildman–Crippen LogP) is 5.26. The Labute approximate surface area is 178 Å². The Hall–Kier alpha value is -1.65. The van der Waals surface area contributed by atoms with E-state index in [1.807, 2.05) is 30.3 Å². The summed E-state index contributed by atoms with van der Waals surface area (Å²) in [5.74, 6) is 2.16. The maximum Gasteiger partial charge on any atom is 0.254 e. The molecule has 1 amide bonds. The summed E-state index contributed by atoms with van der Waals surface area (Å²) >= 11 is 1.78. The zero-order chi connectivity index (χ0) is 19.6. The fourth-order valence-corrected chi connectivity index (χ4v) is 6.75. The lowest BCUT2D eigenvalue weighted by Crippen LogP contribution is -2.49. The van der Waals surface area contributed by atoms with Crippen molar-refractivity contribution in [2.24, 2.45) is 11.8 Å². The van der Waals surface area contributed by atoms with Gasteiger partial charge in [0.2, 0.25) is 0 Å². The smallest absolute Gasteiger partial charge is 0.254 e. The molecule has 3 aliphatic rings. The number of fused-ring (bicyclic) bond motifs is 1. The first-order valence-electron chi connectivity index (χ1n) is 11.4. The summed E-state index contributed by atoms with van der Waals surface area (Å²) in [6.45, 7) is 4.44. The number of hydrogen-bond acceptors (Lipinski definition) is 3. The van der Waals surface area contributed by atoms with Gasteiger partial charge in [0, 0.05) is 49.6 Å². The molecule has 2 saturated heterocycles. The van der Waals surface area contributed by atoms with Gasteiger partial charge in [0.25, 0.3) is 5.91 Å². The van der Waals surface area contributed by atoms with Crippen LogP contribution in [0.3, 0.4) is 0 Å². The first-order chi connectivity index (χ1) is 14.3. The van der Waals surface area contributed by atoms with Gasteiger partial charge in [-0.05, 0) is 59.7 Å². The van der Waals surface area contributed by atoms with Crippen molar-refractivity contribution in [3.8, 4) is 0 Å². The van der Waals surface area contributed by atoms with Gasteiger partial charge in [0.1, 0.15) is 0 Å². The van der Waals surface area contributed by atoms with Gasteiger partial charge in [0.15, 0.2) is 0 Å². The summed E-state index contributed by atoms with van der Waals surface area (Å²) in [5, 5.41) is 4.49. The van der Waals surface area contributed by atoms with Crippen molar-refractivity contribution in [1.29, 1.82) is 0 Å². The SMILES string of the molecule is O=C(c1ccccc1)N1C[C@@H](c2ccsc2)[C@@H]2CN(CC3CCCCC3)CC[C@@H]21. The second-order valence-corrected chi connectivity index (χ2v) is 10.1. The van der Waals surface area contributed by atoms with Crippen LogP contribution in [0.5, 0.6) is 0 Å². The van der Waals surface area contributed by atoms with E-state index in [0.717, 1.165) is 37.5 Å². The van der Waals surface area contributed by atoms with E-state index in [1.54, 1.807) is 11.3 Å². The zero-order valence-electron chi connectivity index (χ0n) is 17.2. The summed E-state index contributed by atoms with van der Waals surface area (Å²) in [6, 6.07) is 12.5. The van der Waals surface area contributed by atoms with E-state index in [9.17, 15) is 4.79 Å². The van der Waals surface area contributed by atoms with Crippen molar-refractivity contribution >= 4 is 17.2 Å². The van der Waals surface area contributed by atoms with E-state index in [1.165, 1.54) is 44.2 Å². The molecule has 0 spiro atoms. The highest BCUT2D eigenvalue weighted by molar-refractivity contribution is 7.08. The van der Waals surface area contributed by atoms with Crippen LogP contribution >= 0.6 is 11.3 Å². The first-order valence-corrected chi connectivity index (χ1v) is 12.3. The summed E-state index contributed by atoms with van der Waals surface area (Å²) in [5.41, 5.74) is 2.27. The number of carbonyl (C=O) groups is 1. The Morgan fingerprint density at radius 1 is 1.00 bits per heavy atom. The molecule has 0 unspecified atom stereocenters. The van der Waals surface area contributed by atoms with Crippen molar-refractivity contribution in [2.45, 2.75) is 50.5 Å². The fraction of sp³-hybridized carbons (Fsp3) is 0.560. The van der Waals surface area contributed by atoms with E-state index < -0.39 is 0 Å². The van der Waals surface area contributed by atoms with Crippen molar-refractivity contribution in [3.05, 3.63) is 58.3 Å². The predicted molar refractivity (Wildman–Crippen MR) is 119 cm³/mol. The summed E-state index contributed by atoms with van der Waals surface area (Å²) in [6.07, 6.45) is 8.21. The first kappa shape index (κ1) is 19.3. The van der Waals surface area contributed by atoms with Gasteiger partial charge in [-0.1, -0.05) is 37.5 Å². The van der Waals surface area contributed by atoms with Crippen molar-refractivity contribution in [2.75, 3.05) is 26.2 Å². The number of carbonyl (C=O) groups excluding carboxylic acids is 1. The quantitative estimate of drug-likeness (QED) is 0.689. The lowest BCUT2D eigenvalue weighted by Gasteiger charge is -2.40. The second kappa shape index (κ2) is 8.61. The van der Waals surface area contributed by atoms with Crippen LogP contribution in [-0.2, 0) is 0 Å². The molecule has 4 heteroatoms. The largest absolute Gasteiger partial charge is 0.335 e. The molecule has 0 radical (unpaired) electrons. The van der Waals surface area contributed by atoms with Gasteiger partial charge in [-0.2, -0.15) is 11.3 Å². The average molecular weight is 409 g/mol. The molecular formula is C25H32N2OS. The third-order valence-corrected chi connectivity index (χ3v) is 8.21. The van der Waals surface area contributed by atoms with Crippen LogP contribution in [0.1, 0.15) is 60.4 Å². The van der Waals surface area contributed by atoms with Crippen LogP contribution in [0, 0.1) is 11.8 Å².